The largest absolute Gasteiger partial charge is 0.431 e. The average Bonchev–Trinajstić information content (AvgIpc) is 2.94. The van der Waals surface area contributed by atoms with E-state index in [2.05, 4.69) is 4.98 Å². The second-order valence-electron chi connectivity index (χ2n) is 5.22. The monoisotopic (exact) mass is 330 g/mol. The number of thioether (sulfide) groups is 1. The molecule has 1 aromatic carbocycles. The number of amides is 1. The number of aryl methyl sites for hydroxylation is 1. The summed E-state index contributed by atoms with van der Waals surface area (Å²) in [5, 5.41) is -0.260. The Bertz CT molecular complexity index is 714. The molecule has 0 saturated carbocycles. The van der Waals surface area contributed by atoms with Gasteiger partial charge in [0.25, 0.3) is 5.22 Å². The Morgan fingerprint density at radius 1 is 1.45 bits per heavy atom. The second-order valence-corrected chi connectivity index (χ2v) is 6.38. The minimum atomic E-state index is -4.37. The highest BCUT2D eigenvalue weighted by Crippen LogP contribution is 2.33. The van der Waals surface area contributed by atoms with Crippen LogP contribution in [0.5, 0.6) is 0 Å². The van der Waals surface area contributed by atoms with Crippen molar-refractivity contribution >= 4 is 28.8 Å². The number of likely N-dealkylation sites (tertiary alicyclic amines) is 1. The maximum atomic E-state index is 12.4. The Hall–Kier alpha value is -1.70. The van der Waals surface area contributed by atoms with Crippen molar-refractivity contribution in [2.24, 2.45) is 0 Å². The molecule has 1 aliphatic rings. The Balaban J connectivity index is 1.71. The zero-order valence-corrected chi connectivity index (χ0v) is 12.5. The fourth-order valence-electron chi connectivity index (χ4n) is 2.38. The first kappa shape index (κ1) is 15.2. The van der Waals surface area contributed by atoms with Crippen molar-refractivity contribution in [2.45, 2.75) is 30.0 Å². The zero-order valence-electron chi connectivity index (χ0n) is 11.7. The molecular weight excluding hydrogens is 317 g/mol. The van der Waals surface area contributed by atoms with E-state index >= 15 is 0 Å². The van der Waals surface area contributed by atoms with Crippen molar-refractivity contribution in [3.63, 3.8) is 0 Å². The number of hydrogen-bond donors (Lipinski definition) is 0. The number of carbonyl (C=O) groups is 1. The molecule has 0 unspecified atom stereocenters. The third-order valence-corrected chi connectivity index (χ3v) is 4.48. The maximum absolute atomic E-state index is 12.4. The molecule has 118 valence electrons. The first-order valence-corrected chi connectivity index (χ1v) is 7.59. The lowest BCUT2D eigenvalue weighted by molar-refractivity contribution is -0.157. The topological polar surface area (TPSA) is 46.3 Å². The molecule has 4 nitrogen and oxygen atoms in total. The van der Waals surface area contributed by atoms with Crippen LogP contribution in [0.1, 0.15) is 12.0 Å². The van der Waals surface area contributed by atoms with Gasteiger partial charge in [0.2, 0.25) is 5.91 Å². The minimum absolute atomic E-state index is 0.106. The number of halogens is 3. The normalized spacial score (nSPS) is 19.4. The van der Waals surface area contributed by atoms with Crippen LogP contribution in [-0.2, 0) is 4.79 Å². The van der Waals surface area contributed by atoms with Crippen LogP contribution in [0.3, 0.4) is 0 Å². The summed E-state index contributed by atoms with van der Waals surface area (Å²) in [7, 11) is 0. The number of hydrogen-bond acceptors (Lipinski definition) is 4. The first-order valence-electron chi connectivity index (χ1n) is 6.71. The van der Waals surface area contributed by atoms with E-state index in [9.17, 15) is 18.0 Å². The summed E-state index contributed by atoms with van der Waals surface area (Å²) in [6, 6.07) is 5.53. The molecule has 1 saturated heterocycles. The summed E-state index contributed by atoms with van der Waals surface area (Å²) in [6.07, 6.45) is -4.01. The van der Waals surface area contributed by atoms with Gasteiger partial charge in [0.15, 0.2) is 5.58 Å². The van der Waals surface area contributed by atoms with Gasteiger partial charge in [0.1, 0.15) is 12.1 Å². The molecule has 0 N–H and O–H groups in total. The van der Waals surface area contributed by atoms with Gasteiger partial charge in [-0.15, -0.1) is 0 Å². The maximum Gasteiger partial charge on any atom is 0.406 e. The lowest BCUT2D eigenvalue weighted by atomic mass is 10.2. The number of nitrogens with zero attached hydrogens (tertiary/aromatic N) is 2. The fourth-order valence-corrected chi connectivity index (χ4v) is 3.39. The van der Waals surface area contributed by atoms with Gasteiger partial charge >= 0.3 is 6.18 Å². The van der Waals surface area contributed by atoms with Crippen LogP contribution in [-0.4, -0.2) is 40.3 Å². The summed E-state index contributed by atoms with van der Waals surface area (Å²) in [4.78, 5) is 17.1. The van der Waals surface area contributed by atoms with Gasteiger partial charge in [0.05, 0.1) is 5.25 Å². The zero-order chi connectivity index (χ0) is 15.9. The van der Waals surface area contributed by atoms with Crippen LogP contribution in [0.25, 0.3) is 11.1 Å². The van der Waals surface area contributed by atoms with E-state index in [1.807, 2.05) is 19.1 Å². The molecule has 0 aliphatic carbocycles. The number of rotatable bonds is 3. The van der Waals surface area contributed by atoms with Crippen LogP contribution < -0.4 is 0 Å². The van der Waals surface area contributed by atoms with Gasteiger partial charge in [-0.05, 0) is 31.0 Å². The standard InChI is InChI=1S/C14H13F3N2O2S/c1-8-2-3-10-9(6-8)18-13(21-10)22-11-4-5-19(12(11)20)7-14(15,16)17/h2-3,6,11H,4-5,7H2,1H3/t11-/m1/s1. The van der Waals surface area contributed by atoms with E-state index in [-0.39, 0.29) is 6.54 Å². The number of carbonyl (C=O) groups excluding carboxylic acids is 1. The molecule has 1 fully saturated rings. The molecule has 1 aliphatic heterocycles. The highest BCUT2D eigenvalue weighted by molar-refractivity contribution is 8.00. The number of alkyl halides is 3. The van der Waals surface area contributed by atoms with E-state index in [1.54, 1.807) is 6.07 Å². The van der Waals surface area contributed by atoms with Crippen molar-refractivity contribution in [3.8, 4) is 0 Å². The smallest absolute Gasteiger partial charge is 0.406 e. The predicted molar refractivity (Wildman–Crippen MR) is 75.6 cm³/mol. The molecule has 1 aromatic heterocycles. The highest BCUT2D eigenvalue weighted by atomic mass is 32.2. The lowest BCUT2D eigenvalue weighted by Gasteiger charge is -2.17. The van der Waals surface area contributed by atoms with Gasteiger partial charge in [-0.1, -0.05) is 17.8 Å². The number of fused-ring (bicyclic) bond motifs is 1. The summed E-state index contributed by atoms with van der Waals surface area (Å²) in [6.45, 7) is 0.835. The van der Waals surface area contributed by atoms with Crippen molar-refractivity contribution in [2.75, 3.05) is 13.1 Å². The third kappa shape index (κ3) is 3.21. The summed E-state index contributed by atoms with van der Waals surface area (Å²) in [5.41, 5.74) is 2.32. The fraction of sp³-hybridized carbons (Fsp3) is 0.429. The predicted octanol–water partition coefficient (Wildman–Crippen LogP) is 3.39. The lowest BCUT2D eigenvalue weighted by Crippen LogP contribution is -2.36. The van der Waals surface area contributed by atoms with Crippen molar-refractivity contribution < 1.29 is 22.4 Å². The van der Waals surface area contributed by atoms with Crippen molar-refractivity contribution in [1.82, 2.24) is 9.88 Å². The van der Waals surface area contributed by atoms with E-state index in [0.29, 0.717) is 22.7 Å². The van der Waals surface area contributed by atoms with Crippen LogP contribution in [0.4, 0.5) is 13.2 Å². The number of aromatic nitrogens is 1. The number of benzene rings is 1. The highest BCUT2D eigenvalue weighted by Gasteiger charge is 2.40. The molecule has 3 rings (SSSR count). The van der Waals surface area contributed by atoms with Crippen LogP contribution in [0, 0.1) is 6.92 Å². The molecule has 1 amide bonds. The van der Waals surface area contributed by atoms with Gasteiger partial charge < -0.3 is 9.32 Å². The Morgan fingerprint density at radius 2 is 2.23 bits per heavy atom. The Morgan fingerprint density at radius 3 is 2.95 bits per heavy atom. The molecule has 22 heavy (non-hydrogen) atoms. The van der Waals surface area contributed by atoms with Crippen molar-refractivity contribution in [3.05, 3.63) is 23.8 Å². The summed E-state index contributed by atoms with van der Waals surface area (Å²) in [5.74, 6) is -0.513. The van der Waals surface area contributed by atoms with Gasteiger partial charge in [-0.2, -0.15) is 13.2 Å². The summed E-state index contributed by atoms with van der Waals surface area (Å²) >= 11 is 1.08. The van der Waals surface area contributed by atoms with Crippen molar-refractivity contribution in [1.29, 1.82) is 0 Å². The molecule has 0 radical (unpaired) electrons. The second kappa shape index (κ2) is 5.49. The van der Waals surface area contributed by atoms with Gasteiger partial charge in [-0.3, -0.25) is 4.79 Å². The Kier molecular flexibility index (Phi) is 3.80. The molecule has 0 bridgehead atoms. The van der Waals surface area contributed by atoms with Crippen LogP contribution >= 0.6 is 11.8 Å². The molecule has 0 spiro atoms. The van der Waals surface area contributed by atoms with Crippen LogP contribution in [0.2, 0.25) is 0 Å². The Labute approximate surface area is 128 Å². The first-order chi connectivity index (χ1) is 10.3. The SMILES string of the molecule is Cc1ccc2oc(S[C@@H]3CCN(CC(F)(F)F)C3=O)nc2c1. The molecule has 2 aromatic rings. The molecular formula is C14H13F3N2O2S. The average molecular weight is 330 g/mol. The van der Waals surface area contributed by atoms with Gasteiger partial charge in [0, 0.05) is 6.54 Å². The molecule has 2 heterocycles. The minimum Gasteiger partial charge on any atom is -0.431 e. The van der Waals surface area contributed by atoms with E-state index in [4.69, 9.17) is 4.42 Å². The van der Waals surface area contributed by atoms with E-state index < -0.39 is 23.9 Å². The third-order valence-electron chi connectivity index (χ3n) is 3.38. The summed E-state index contributed by atoms with van der Waals surface area (Å²) < 4.78 is 42.7. The van der Waals surface area contributed by atoms with E-state index in [1.165, 1.54) is 0 Å². The number of oxazole rings is 1. The van der Waals surface area contributed by atoms with Gasteiger partial charge in [-0.25, -0.2) is 4.98 Å². The quantitative estimate of drug-likeness (QED) is 0.865. The molecule has 8 heteroatoms. The molecule has 1 atom stereocenters. The van der Waals surface area contributed by atoms with E-state index in [0.717, 1.165) is 22.2 Å². The van der Waals surface area contributed by atoms with Crippen LogP contribution in [0.15, 0.2) is 27.8 Å².